The molecule has 0 bridgehead atoms. The highest BCUT2D eigenvalue weighted by Gasteiger charge is 2.47. The molecule has 0 spiro atoms. The molecule has 0 amide bonds. The molecule has 2 atom stereocenters. The number of hydrogen-bond donors (Lipinski definition) is 0. The summed E-state index contributed by atoms with van der Waals surface area (Å²) in [5.41, 5.74) is 2.09. The van der Waals surface area contributed by atoms with Gasteiger partial charge < -0.3 is 9.15 Å². The number of carbonyl (C=O) groups is 1. The molecule has 126 valence electrons. The lowest BCUT2D eigenvalue weighted by atomic mass is 9.98. The quantitative estimate of drug-likeness (QED) is 0.407. The van der Waals surface area contributed by atoms with Gasteiger partial charge >= 0.3 is 5.63 Å². The molecule has 1 aromatic heterocycles. The van der Waals surface area contributed by atoms with Crippen LogP contribution in [0.2, 0.25) is 0 Å². The van der Waals surface area contributed by atoms with Crippen LogP contribution < -0.4 is 5.63 Å². The summed E-state index contributed by atoms with van der Waals surface area (Å²) >= 11 is 0. The first-order valence-corrected chi connectivity index (χ1v) is 8.37. The molecule has 25 heavy (non-hydrogen) atoms. The van der Waals surface area contributed by atoms with E-state index in [2.05, 4.69) is 13.8 Å². The highest BCUT2D eigenvalue weighted by Crippen LogP contribution is 2.40. The van der Waals surface area contributed by atoms with Crippen LogP contribution in [-0.4, -0.2) is 11.9 Å². The van der Waals surface area contributed by atoms with Crippen LogP contribution in [0.5, 0.6) is 0 Å². The van der Waals surface area contributed by atoms with E-state index in [1.165, 1.54) is 5.56 Å². The molecule has 1 aliphatic rings. The largest absolute Gasteiger partial charge is 0.422 e. The second kappa shape index (κ2) is 5.97. The third-order valence-electron chi connectivity index (χ3n) is 4.59. The molecule has 2 aromatic carbocycles. The summed E-state index contributed by atoms with van der Waals surface area (Å²) in [5.74, 6) is 0.131. The predicted octanol–water partition coefficient (Wildman–Crippen LogP) is 4.24. The molecule has 3 aromatic rings. The maximum absolute atomic E-state index is 12.6. The predicted molar refractivity (Wildman–Crippen MR) is 95.0 cm³/mol. The second-order valence-corrected chi connectivity index (χ2v) is 6.65. The van der Waals surface area contributed by atoms with Crippen LogP contribution in [0.25, 0.3) is 11.0 Å². The number of epoxide rings is 1. The van der Waals surface area contributed by atoms with Crippen LogP contribution in [0.1, 0.15) is 47.4 Å². The molecular formula is C21H18O4. The first-order chi connectivity index (χ1) is 12.0. The van der Waals surface area contributed by atoms with Crippen LogP contribution in [0, 0.1) is 0 Å². The van der Waals surface area contributed by atoms with Crippen LogP contribution in [0.15, 0.2) is 63.8 Å². The molecule has 1 saturated heterocycles. The monoisotopic (exact) mass is 334 g/mol. The van der Waals surface area contributed by atoms with E-state index in [9.17, 15) is 9.59 Å². The van der Waals surface area contributed by atoms with Crippen molar-refractivity contribution >= 4 is 16.8 Å². The number of Topliss-reactive ketones (excluding diaryl/α,β-unsaturated/α-hetero) is 1. The van der Waals surface area contributed by atoms with Crippen molar-refractivity contribution in [3.05, 3.63) is 81.7 Å². The first-order valence-electron chi connectivity index (χ1n) is 8.37. The van der Waals surface area contributed by atoms with Gasteiger partial charge in [-0.15, -0.1) is 0 Å². The maximum atomic E-state index is 12.6. The summed E-state index contributed by atoms with van der Waals surface area (Å²) in [6.07, 6.45) is -0.909. The molecule has 4 heteroatoms. The summed E-state index contributed by atoms with van der Waals surface area (Å²) in [6.45, 7) is 4.27. The normalized spacial score (nSPS) is 19.3. The minimum absolute atomic E-state index is 0.0463. The topological polar surface area (TPSA) is 59.8 Å². The lowest BCUT2D eigenvalue weighted by Gasteiger charge is -2.05. The van der Waals surface area contributed by atoms with Crippen molar-refractivity contribution in [3.8, 4) is 0 Å². The Bertz CT molecular complexity index is 998. The molecule has 0 aliphatic carbocycles. The van der Waals surface area contributed by atoms with Crippen molar-refractivity contribution in [3.63, 3.8) is 0 Å². The number of hydrogen-bond acceptors (Lipinski definition) is 4. The summed E-state index contributed by atoms with van der Waals surface area (Å²) in [5, 5.41) is 0.726. The van der Waals surface area contributed by atoms with Crippen molar-refractivity contribution < 1.29 is 13.9 Å². The van der Waals surface area contributed by atoms with Crippen molar-refractivity contribution in [2.24, 2.45) is 0 Å². The molecule has 4 nitrogen and oxygen atoms in total. The maximum Gasteiger partial charge on any atom is 0.347 e. The lowest BCUT2D eigenvalue weighted by molar-refractivity contribution is 0.0950. The zero-order valence-corrected chi connectivity index (χ0v) is 14.1. The van der Waals surface area contributed by atoms with Gasteiger partial charge in [-0.25, -0.2) is 4.79 Å². The van der Waals surface area contributed by atoms with Gasteiger partial charge in [0.25, 0.3) is 0 Å². The molecule has 4 rings (SSSR count). The Labute approximate surface area is 145 Å². The van der Waals surface area contributed by atoms with Gasteiger partial charge in [0.05, 0.1) is 0 Å². The summed E-state index contributed by atoms with van der Waals surface area (Å²) in [4.78, 5) is 24.8. The number of carbonyl (C=O) groups excluding carboxylic acids is 1. The fourth-order valence-electron chi connectivity index (χ4n) is 3.02. The van der Waals surface area contributed by atoms with E-state index in [1.807, 2.05) is 36.4 Å². The highest BCUT2D eigenvalue weighted by molar-refractivity contribution is 6.02. The van der Waals surface area contributed by atoms with Crippen LogP contribution >= 0.6 is 0 Å². The Morgan fingerprint density at radius 3 is 2.48 bits per heavy atom. The smallest absolute Gasteiger partial charge is 0.347 e. The molecule has 0 radical (unpaired) electrons. The van der Waals surface area contributed by atoms with Crippen LogP contribution in [0.3, 0.4) is 0 Å². The lowest BCUT2D eigenvalue weighted by Crippen LogP contribution is -2.18. The van der Waals surface area contributed by atoms with E-state index < -0.39 is 11.7 Å². The van der Waals surface area contributed by atoms with Crippen LogP contribution in [0.4, 0.5) is 0 Å². The first kappa shape index (κ1) is 15.8. The van der Waals surface area contributed by atoms with E-state index in [4.69, 9.17) is 9.15 Å². The third-order valence-corrected chi connectivity index (χ3v) is 4.59. The van der Waals surface area contributed by atoms with Crippen molar-refractivity contribution in [2.45, 2.75) is 32.0 Å². The summed E-state index contributed by atoms with van der Waals surface area (Å²) in [7, 11) is 0. The van der Waals surface area contributed by atoms with Crippen molar-refractivity contribution in [1.82, 2.24) is 0 Å². The van der Waals surface area contributed by atoms with Gasteiger partial charge in [-0.05, 0) is 29.2 Å². The minimum Gasteiger partial charge on any atom is -0.422 e. The zero-order valence-electron chi connectivity index (χ0n) is 14.1. The molecule has 2 heterocycles. The molecule has 0 unspecified atom stereocenters. The van der Waals surface area contributed by atoms with Gasteiger partial charge in [-0.3, -0.25) is 4.79 Å². The van der Waals surface area contributed by atoms with E-state index >= 15 is 0 Å². The fraction of sp³-hybridized carbons (Fsp3) is 0.238. The highest BCUT2D eigenvalue weighted by atomic mass is 16.6. The van der Waals surface area contributed by atoms with E-state index in [1.54, 1.807) is 18.2 Å². The number of fused-ring (bicyclic) bond motifs is 1. The van der Waals surface area contributed by atoms with Crippen molar-refractivity contribution in [2.75, 3.05) is 0 Å². The SMILES string of the molecule is CC(C)c1ccc([C@H]2O[C@@H]2C(=O)c2cc3ccccc3oc2=O)cc1. The van der Waals surface area contributed by atoms with Gasteiger partial charge in [-0.1, -0.05) is 56.3 Å². The number of para-hydroxylation sites is 1. The number of benzene rings is 2. The van der Waals surface area contributed by atoms with Gasteiger partial charge in [0, 0.05) is 5.39 Å². The van der Waals surface area contributed by atoms with Gasteiger partial charge in [0.2, 0.25) is 5.78 Å². The Balaban J connectivity index is 1.58. The third kappa shape index (κ3) is 2.89. The Hall–Kier alpha value is -2.72. The average molecular weight is 334 g/mol. The summed E-state index contributed by atoms with van der Waals surface area (Å²) < 4.78 is 10.8. The molecule has 1 aliphatic heterocycles. The number of rotatable bonds is 4. The molecule has 0 N–H and O–H groups in total. The van der Waals surface area contributed by atoms with Crippen LogP contribution in [-0.2, 0) is 4.74 Å². The Morgan fingerprint density at radius 2 is 1.76 bits per heavy atom. The Kier molecular flexibility index (Phi) is 3.77. The number of ketones is 1. The number of ether oxygens (including phenoxy) is 1. The standard InChI is InChI=1S/C21H18O4/c1-12(2)13-7-9-14(10-8-13)19-20(25-19)18(22)16-11-15-5-3-4-6-17(15)24-21(16)23/h3-12,19-20H,1-2H3/t19-,20-/m1/s1. The zero-order chi connectivity index (χ0) is 17.6. The average Bonchev–Trinajstić information content (AvgIpc) is 3.41. The molecule has 0 saturated carbocycles. The molecular weight excluding hydrogens is 316 g/mol. The van der Waals surface area contributed by atoms with E-state index in [0.717, 1.165) is 10.9 Å². The summed E-state index contributed by atoms with van der Waals surface area (Å²) in [6, 6.07) is 16.8. The van der Waals surface area contributed by atoms with Gasteiger partial charge in [0.15, 0.2) is 6.10 Å². The van der Waals surface area contributed by atoms with Crippen molar-refractivity contribution in [1.29, 1.82) is 0 Å². The fourth-order valence-corrected chi connectivity index (χ4v) is 3.02. The van der Waals surface area contributed by atoms with E-state index in [-0.39, 0.29) is 17.5 Å². The van der Waals surface area contributed by atoms with Gasteiger partial charge in [0.1, 0.15) is 17.3 Å². The Morgan fingerprint density at radius 1 is 1.04 bits per heavy atom. The second-order valence-electron chi connectivity index (χ2n) is 6.65. The minimum atomic E-state index is -0.617. The molecule has 1 fully saturated rings. The van der Waals surface area contributed by atoms with E-state index in [0.29, 0.717) is 11.5 Å². The van der Waals surface area contributed by atoms with Gasteiger partial charge in [-0.2, -0.15) is 0 Å².